The van der Waals surface area contributed by atoms with Crippen molar-refractivity contribution in [3.05, 3.63) is 47.7 Å². The third kappa shape index (κ3) is 7.36. The van der Waals surface area contributed by atoms with Gasteiger partial charge >= 0.3 is 6.18 Å². The number of nitrogens with one attached hydrogen (secondary N) is 1. The molecule has 1 N–H and O–H groups in total. The number of aromatic nitrogens is 2. The smallest absolute Gasteiger partial charge is 0.370 e. The number of hydrogen-bond donors (Lipinski definition) is 1. The van der Waals surface area contributed by atoms with Gasteiger partial charge in [0.05, 0.1) is 17.0 Å². The fourth-order valence-electron chi connectivity index (χ4n) is 4.66. The Hall–Kier alpha value is -2.26. The van der Waals surface area contributed by atoms with Crippen molar-refractivity contribution in [2.24, 2.45) is 10.9 Å². The van der Waals surface area contributed by atoms with E-state index in [1.807, 2.05) is 25.4 Å². The third-order valence-electron chi connectivity index (χ3n) is 6.81. The van der Waals surface area contributed by atoms with Gasteiger partial charge in [0.15, 0.2) is 5.82 Å². The van der Waals surface area contributed by atoms with Crippen LogP contribution < -0.4 is 5.32 Å². The van der Waals surface area contributed by atoms with Gasteiger partial charge in [0, 0.05) is 12.6 Å². The topological polar surface area (TPSA) is 45.5 Å². The van der Waals surface area contributed by atoms with E-state index in [1.54, 1.807) is 22.6 Å². The summed E-state index contributed by atoms with van der Waals surface area (Å²) in [6.07, 6.45) is 5.24. The van der Waals surface area contributed by atoms with E-state index in [-0.39, 0.29) is 18.9 Å². The molecule has 0 aliphatic heterocycles. The van der Waals surface area contributed by atoms with Crippen molar-refractivity contribution in [1.29, 1.82) is 0 Å². The predicted octanol–water partition coefficient (Wildman–Crippen LogP) is 6.32. The van der Waals surface area contributed by atoms with Gasteiger partial charge in [-0.05, 0) is 82.8 Å². The molecular weight excluding hydrogens is 471 g/mol. The van der Waals surface area contributed by atoms with Crippen LogP contribution in [0.2, 0.25) is 0 Å². The zero-order chi connectivity index (χ0) is 25.4. The summed E-state index contributed by atoms with van der Waals surface area (Å²) in [5.74, 6) is 0.347. The largest absolute Gasteiger partial charge is 0.391 e. The Labute approximate surface area is 210 Å². The minimum Gasteiger partial charge on any atom is -0.370 e. The lowest BCUT2D eigenvalue weighted by Crippen LogP contribution is -2.40. The summed E-state index contributed by atoms with van der Waals surface area (Å²) in [6.45, 7) is 7.21. The van der Waals surface area contributed by atoms with Crippen LogP contribution in [0.15, 0.2) is 46.4 Å². The summed E-state index contributed by atoms with van der Waals surface area (Å²) >= 11 is 1.57. The fourth-order valence-corrected chi connectivity index (χ4v) is 5.15. The van der Waals surface area contributed by atoms with Crippen LogP contribution in [0.25, 0.3) is 5.82 Å². The molecule has 1 fully saturated rings. The highest BCUT2D eigenvalue weighted by Gasteiger charge is 2.42. The van der Waals surface area contributed by atoms with Crippen molar-refractivity contribution in [3.63, 3.8) is 0 Å². The average molecular weight is 508 g/mol. The molecule has 9 heteroatoms. The van der Waals surface area contributed by atoms with E-state index in [1.165, 1.54) is 11.1 Å². The van der Waals surface area contributed by atoms with E-state index < -0.39 is 12.1 Å². The highest BCUT2D eigenvalue weighted by atomic mass is 32.2. The number of aryl methyl sites for hydroxylation is 1. The molecule has 1 aromatic heterocycles. The van der Waals surface area contributed by atoms with Crippen LogP contribution in [0.1, 0.15) is 43.2 Å². The molecule has 35 heavy (non-hydrogen) atoms. The van der Waals surface area contributed by atoms with Crippen molar-refractivity contribution in [1.82, 2.24) is 20.0 Å². The molecule has 1 aromatic carbocycles. The molecule has 0 amide bonds. The highest BCUT2D eigenvalue weighted by molar-refractivity contribution is 7.98. The maximum atomic E-state index is 13.2. The second kappa shape index (κ2) is 12.6. The van der Waals surface area contributed by atoms with Gasteiger partial charge in [0.25, 0.3) is 0 Å². The number of allylic oxidation sites excluding steroid dienone is 1. The number of alkyl halides is 3. The van der Waals surface area contributed by atoms with E-state index in [0.717, 1.165) is 36.5 Å². The van der Waals surface area contributed by atoms with Crippen molar-refractivity contribution < 1.29 is 13.2 Å². The molecule has 5 nitrogen and oxygen atoms in total. The minimum absolute atomic E-state index is 0.0155. The number of hydrogen-bond acceptors (Lipinski definition) is 5. The van der Waals surface area contributed by atoms with Gasteiger partial charge in [0.2, 0.25) is 0 Å². The summed E-state index contributed by atoms with van der Waals surface area (Å²) in [6, 6.07) is 8.25. The molecular formula is C26H36F3N5S. The Morgan fingerprint density at radius 3 is 2.80 bits per heavy atom. The molecule has 192 valence electrons. The minimum atomic E-state index is -4.09. The first-order valence-corrected chi connectivity index (χ1v) is 13.3. The van der Waals surface area contributed by atoms with Gasteiger partial charge in [-0.25, -0.2) is 4.99 Å². The second-order valence-electron chi connectivity index (χ2n) is 9.15. The summed E-state index contributed by atoms with van der Waals surface area (Å²) < 4.78 is 41.3. The molecule has 0 spiro atoms. The van der Waals surface area contributed by atoms with E-state index in [0.29, 0.717) is 18.8 Å². The molecule has 0 saturated heterocycles. The van der Waals surface area contributed by atoms with Crippen molar-refractivity contribution in [3.8, 4) is 0 Å². The molecule has 2 atom stereocenters. The summed E-state index contributed by atoms with van der Waals surface area (Å²) in [4.78, 5) is 7.22. The number of thioether (sulfide) groups is 1. The lowest BCUT2D eigenvalue weighted by molar-refractivity contribution is -0.186. The molecule has 1 saturated carbocycles. The van der Waals surface area contributed by atoms with Crippen LogP contribution in [0.5, 0.6) is 0 Å². The Morgan fingerprint density at radius 1 is 1.34 bits per heavy atom. The van der Waals surface area contributed by atoms with Crippen LogP contribution in [-0.4, -0.2) is 60.0 Å². The van der Waals surface area contributed by atoms with Crippen molar-refractivity contribution >= 4 is 30.1 Å². The predicted molar refractivity (Wildman–Crippen MR) is 139 cm³/mol. The molecule has 2 unspecified atom stereocenters. The van der Waals surface area contributed by atoms with Gasteiger partial charge in [-0.1, -0.05) is 30.7 Å². The second-order valence-corrected chi connectivity index (χ2v) is 9.99. The molecule has 2 aromatic rings. The Morgan fingerprint density at radius 2 is 2.11 bits per heavy atom. The molecule has 0 bridgehead atoms. The van der Waals surface area contributed by atoms with E-state index in [2.05, 4.69) is 52.2 Å². The number of aliphatic imine (C=N–C) groups is 1. The maximum Gasteiger partial charge on any atom is 0.391 e. The standard InChI is InChI=1S/C26H36F3N5S/c1-19-9-5-6-10-20(19)13-14-24(34-25(30-2)23(35-4)18-32-34)31-15-8-16-33(3)22-12-7-11-21(17-22)26(27,28)29/h5-6,9-10,14,18,21-22,31H,2,7-8,11-13,15-17H2,1,3-4H3/b24-14-. The quantitative estimate of drug-likeness (QED) is 0.220. The molecule has 1 heterocycles. The van der Waals surface area contributed by atoms with Gasteiger partial charge in [-0.2, -0.15) is 23.0 Å². The SMILES string of the molecule is C=Nc1c(SC)cnn1/C(=C\Cc1ccccc1C)NCCCN(C)C1CCCC(C(F)(F)F)C1. The van der Waals surface area contributed by atoms with Gasteiger partial charge in [-0.3, -0.25) is 0 Å². The molecule has 1 aliphatic rings. The van der Waals surface area contributed by atoms with Gasteiger partial charge < -0.3 is 10.2 Å². The van der Waals surface area contributed by atoms with E-state index in [9.17, 15) is 13.2 Å². The Bertz CT molecular complexity index is 1000. The Balaban J connectivity index is 1.64. The van der Waals surface area contributed by atoms with Gasteiger partial charge in [0.1, 0.15) is 5.82 Å². The molecule has 1 aliphatic carbocycles. The van der Waals surface area contributed by atoms with Crippen molar-refractivity contribution in [2.45, 2.75) is 62.6 Å². The molecule has 0 radical (unpaired) electrons. The summed E-state index contributed by atoms with van der Waals surface area (Å²) in [5.41, 5.74) is 2.45. The maximum absolute atomic E-state index is 13.2. The third-order valence-corrected chi connectivity index (χ3v) is 7.54. The first-order chi connectivity index (χ1) is 16.7. The van der Waals surface area contributed by atoms with Gasteiger partial charge in [-0.15, -0.1) is 11.8 Å². The van der Waals surface area contributed by atoms with Crippen molar-refractivity contribution in [2.75, 3.05) is 26.4 Å². The molecule has 3 rings (SSSR count). The van der Waals surface area contributed by atoms with Crippen LogP contribution >= 0.6 is 11.8 Å². The zero-order valence-corrected chi connectivity index (χ0v) is 21.6. The van der Waals surface area contributed by atoms with Crippen LogP contribution in [-0.2, 0) is 6.42 Å². The van der Waals surface area contributed by atoms with Crippen LogP contribution in [0.3, 0.4) is 0 Å². The fraction of sp³-hybridized carbons (Fsp3) is 0.538. The Kier molecular flexibility index (Phi) is 9.86. The number of benzene rings is 1. The summed E-state index contributed by atoms with van der Waals surface area (Å²) in [5, 5.41) is 8.01. The van der Waals surface area contributed by atoms with E-state index in [4.69, 9.17) is 0 Å². The lowest BCUT2D eigenvalue weighted by atomic mass is 9.84. The number of nitrogens with zero attached hydrogens (tertiary/aromatic N) is 4. The number of halogens is 3. The van der Waals surface area contributed by atoms with Crippen LogP contribution in [0.4, 0.5) is 19.0 Å². The number of rotatable bonds is 11. The zero-order valence-electron chi connectivity index (χ0n) is 20.8. The lowest BCUT2D eigenvalue weighted by Gasteiger charge is -2.36. The summed E-state index contributed by atoms with van der Waals surface area (Å²) in [7, 11) is 1.94. The van der Waals surface area contributed by atoms with Crippen LogP contribution in [0, 0.1) is 12.8 Å². The first-order valence-electron chi connectivity index (χ1n) is 12.1. The average Bonchev–Trinajstić information content (AvgIpc) is 3.27. The normalized spacial score (nSPS) is 19.2. The van der Waals surface area contributed by atoms with E-state index >= 15 is 0 Å². The first kappa shape index (κ1) is 27.3. The highest BCUT2D eigenvalue weighted by Crippen LogP contribution is 2.38. The monoisotopic (exact) mass is 507 g/mol.